The van der Waals surface area contributed by atoms with E-state index in [4.69, 9.17) is 29.6 Å². The Balaban J connectivity index is 2.33. The normalized spacial score (nSPS) is 10.3. The van der Waals surface area contributed by atoms with Crippen LogP contribution in [0.2, 0.25) is 5.02 Å². The third kappa shape index (κ3) is 2.78. The zero-order chi connectivity index (χ0) is 14.9. The largest absolute Gasteiger partial charge is 0.389 e. The highest BCUT2D eigenvalue weighted by Crippen LogP contribution is 2.18. The van der Waals surface area contributed by atoms with Crippen molar-refractivity contribution in [3.05, 3.63) is 46.4 Å². The molecular formula is C12H10ClFN4OS. The summed E-state index contributed by atoms with van der Waals surface area (Å²) >= 11 is 10.5. The van der Waals surface area contributed by atoms with Crippen LogP contribution >= 0.6 is 23.8 Å². The summed E-state index contributed by atoms with van der Waals surface area (Å²) in [5.41, 5.74) is 5.80. The maximum atomic E-state index is 13.7. The Morgan fingerprint density at radius 3 is 2.80 bits per heavy atom. The van der Waals surface area contributed by atoms with Crippen LogP contribution in [0.3, 0.4) is 0 Å². The zero-order valence-electron chi connectivity index (χ0n) is 10.4. The highest BCUT2D eigenvalue weighted by Gasteiger charge is 2.17. The van der Waals surface area contributed by atoms with Gasteiger partial charge in [-0.15, -0.1) is 0 Å². The summed E-state index contributed by atoms with van der Waals surface area (Å²) in [7, 11) is 1.61. The van der Waals surface area contributed by atoms with Gasteiger partial charge >= 0.3 is 0 Å². The van der Waals surface area contributed by atoms with Crippen molar-refractivity contribution < 1.29 is 9.18 Å². The number of hydrogen-bond donors (Lipinski definition) is 2. The molecule has 2 rings (SSSR count). The summed E-state index contributed by atoms with van der Waals surface area (Å²) in [4.78, 5) is 12.1. The van der Waals surface area contributed by atoms with E-state index >= 15 is 0 Å². The molecule has 0 spiro atoms. The van der Waals surface area contributed by atoms with Crippen LogP contribution in [-0.4, -0.2) is 20.7 Å². The maximum absolute atomic E-state index is 13.7. The topological polar surface area (TPSA) is 72.9 Å². The van der Waals surface area contributed by atoms with Crippen LogP contribution in [-0.2, 0) is 7.05 Å². The van der Waals surface area contributed by atoms with Crippen LogP contribution in [0.5, 0.6) is 0 Å². The predicted octanol–water partition coefficient (Wildman–Crippen LogP) is 2.10. The van der Waals surface area contributed by atoms with E-state index in [1.807, 2.05) is 0 Å². The summed E-state index contributed by atoms with van der Waals surface area (Å²) < 4.78 is 15.1. The molecule has 1 aromatic heterocycles. The molecule has 104 valence electrons. The summed E-state index contributed by atoms with van der Waals surface area (Å²) in [5, 5.41) is 6.68. The van der Waals surface area contributed by atoms with E-state index in [2.05, 4.69) is 10.4 Å². The highest BCUT2D eigenvalue weighted by molar-refractivity contribution is 7.80. The van der Waals surface area contributed by atoms with Gasteiger partial charge in [-0.05, 0) is 18.2 Å². The SMILES string of the molecule is Cn1ncc(C(N)=S)c1NC(=O)c1ccc(Cl)cc1F. The molecular weight excluding hydrogens is 303 g/mol. The molecule has 0 bridgehead atoms. The number of aromatic nitrogens is 2. The number of carbonyl (C=O) groups is 1. The van der Waals surface area contributed by atoms with Gasteiger partial charge in [0.25, 0.3) is 5.91 Å². The van der Waals surface area contributed by atoms with Gasteiger partial charge in [-0.25, -0.2) is 4.39 Å². The molecule has 0 aliphatic carbocycles. The second kappa shape index (κ2) is 5.56. The number of benzene rings is 1. The minimum absolute atomic E-state index is 0.0879. The summed E-state index contributed by atoms with van der Waals surface area (Å²) in [6.45, 7) is 0. The van der Waals surface area contributed by atoms with Crippen molar-refractivity contribution in [3.63, 3.8) is 0 Å². The van der Waals surface area contributed by atoms with Gasteiger partial charge in [0.1, 0.15) is 16.6 Å². The minimum atomic E-state index is -0.714. The number of carbonyl (C=O) groups excluding carboxylic acids is 1. The van der Waals surface area contributed by atoms with E-state index in [-0.39, 0.29) is 15.6 Å². The van der Waals surface area contributed by atoms with E-state index in [0.29, 0.717) is 11.4 Å². The minimum Gasteiger partial charge on any atom is -0.389 e. The molecule has 0 aliphatic heterocycles. The van der Waals surface area contributed by atoms with Crippen molar-refractivity contribution >= 4 is 40.5 Å². The molecule has 20 heavy (non-hydrogen) atoms. The smallest absolute Gasteiger partial charge is 0.259 e. The Hall–Kier alpha value is -1.99. The van der Waals surface area contributed by atoms with Crippen molar-refractivity contribution in [1.29, 1.82) is 0 Å². The number of amides is 1. The fourth-order valence-electron chi connectivity index (χ4n) is 1.61. The van der Waals surface area contributed by atoms with Gasteiger partial charge in [0, 0.05) is 12.1 Å². The van der Waals surface area contributed by atoms with Crippen LogP contribution < -0.4 is 11.1 Å². The van der Waals surface area contributed by atoms with Crippen LogP contribution in [0.15, 0.2) is 24.4 Å². The predicted molar refractivity (Wildman–Crippen MR) is 78.5 cm³/mol. The first-order valence-electron chi connectivity index (χ1n) is 5.48. The first kappa shape index (κ1) is 14.4. The summed E-state index contributed by atoms with van der Waals surface area (Å²) in [6, 6.07) is 3.79. The van der Waals surface area contributed by atoms with Crippen LogP contribution in [0, 0.1) is 5.82 Å². The number of halogens is 2. The van der Waals surface area contributed by atoms with Crippen molar-refractivity contribution in [3.8, 4) is 0 Å². The Morgan fingerprint density at radius 2 is 2.20 bits per heavy atom. The summed E-state index contributed by atoms with van der Waals surface area (Å²) in [6.07, 6.45) is 1.43. The maximum Gasteiger partial charge on any atom is 0.259 e. The van der Waals surface area contributed by atoms with Gasteiger partial charge in [-0.1, -0.05) is 23.8 Å². The molecule has 1 aromatic carbocycles. The first-order valence-corrected chi connectivity index (χ1v) is 6.27. The molecule has 0 atom stereocenters. The van der Waals surface area contributed by atoms with E-state index < -0.39 is 11.7 Å². The lowest BCUT2D eigenvalue weighted by molar-refractivity contribution is 0.102. The van der Waals surface area contributed by atoms with Crippen molar-refractivity contribution in [2.45, 2.75) is 0 Å². The Kier molecular flexibility index (Phi) is 4.01. The molecule has 0 saturated carbocycles. The number of anilines is 1. The van der Waals surface area contributed by atoms with Gasteiger partial charge in [0.05, 0.1) is 17.3 Å². The second-order valence-electron chi connectivity index (χ2n) is 3.97. The Labute approximate surface area is 124 Å². The van der Waals surface area contributed by atoms with Crippen LogP contribution in [0.25, 0.3) is 0 Å². The molecule has 5 nitrogen and oxygen atoms in total. The Morgan fingerprint density at radius 1 is 1.50 bits per heavy atom. The van der Waals surface area contributed by atoms with Crippen LogP contribution in [0.1, 0.15) is 15.9 Å². The van der Waals surface area contributed by atoms with Gasteiger partial charge in [-0.3, -0.25) is 9.48 Å². The average Bonchev–Trinajstić information content (AvgIpc) is 2.71. The van der Waals surface area contributed by atoms with Crippen molar-refractivity contribution in [2.24, 2.45) is 12.8 Å². The molecule has 0 fully saturated rings. The molecule has 0 aliphatic rings. The second-order valence-corrected chi connectivity index (χ2v) is 4.85. The number of aryl methyl sites for hydroxylation is 1. The van der Waals surface area contributed by atoms with Gasteiger partial charge in [0.15, 0.2) is 0 Å². The first-order chi connectivity index (χ1) is 9.40. The summed E-state index contributed by atoms with van der Waals surface area (Å²) in [5.74, 6) is -1.05. The number of rotatable bonds is 3. The van der Waals surface area contributed by atoms with Crippen molar-refractivity contribution in [2.75, 3.05) is 5.32 Å². The molecule has 2 aromatic rings. The fourth-order valence-corrected chi connectivity index (χ4v) is 1.92. The number of hydrogen-bond acceptors (Lipinski definition) is 3. The average molecular weight is 313 g/mol. The lowest BCUT2D eigenvalue weighted by Gasteiger charge is -2.08. The van der Waals surface area contributed by atoms with Crippen molar-refractivity contribution in [1.82, 2.24) is 9.78 Å². The monoisotopic (exact) mass is 312 g/mol. The van der Waals surface area contributed by atoms with E-state index in [1.54, 1.807) is 7.05 Å². The standard InChI is InChI=1S/C12H10ClFN4OS/c1-18-11(8(5-16-18)10(15)20)17-12(19)7-3-2-6(13)4-9(7)14/h2-5H,1H3,(H2,15,20)(H,17,19). The lowest BCUT2D eigenvalue weighted by Crippen LogP contribution is -2.19. The lowest BCUT2D eigenvalue weighted by atomic mass is 10.2. The molecule has 0 unspecified atom stereocenters. The quantitative estimate of drug-likeness (QED) is 0.851. The zero-order valence-corrected chi connectivity index (χ0v) is 11.9. The molecule has 0 saturated heterocycles. The molecule has 0 radical (unpaired) electrons. The third-order valence-corrected chi connectivity index (χ3v) is 3.07. The van der Waals surface area contributed by atoms with E-state index in [1.165, 1.54) is 23.0 Å². The fraction of sp³-hybridized carbons (Fsp3) is 0.0833. The molecule has 3 N–H and O–H groups in total. The number of nitrogens with zero attached hydrogens (tertiary/aromatic N) is 2. The molecule has 8 heteroatoms. The van der Waals surface area contributed by atoms with Gasteiger partial charge in [0.2, 0.25) is 0 Å². The van der Waals surface area contributed by atoms with E-state index in [0.717, 1.165) is 6.07 Å². The number of nitrogens with two attached hydrogens (primary N) is 1. The van der Waals surface area contributed by atoms with Gasteiger partial charge < -0.3 is 11.1 Å². The molecule has 1 amide bonds. The Bertz CT molecular complexity index is 701. The number of thiocarbonyl (C=S) groups is 1. The van der Waals surface area contributed by atoms with E-state index in [9.17, 15) is 9.18 Å². The molecule has 1 heterocycles. The highest BCUT2D eigenvalue weighted by atomic mass is 35.5. The van der Waals surface area contributed by atoms with Crippen LogP contribution in [0.4, 0.5) is 10.2 Å². The number of nitrogens with one attached hydrogen (secondary N) is 1. The third-order valence-electron chi connectivity index (χ3n) is 2.61. The van der Waals surface area contributed by atoms with Gasteiger partial charge in [-0.2, -0.15) is 5.10 Å².